The lowest BCUT2D eigenvalue weighted by molar-refractivity contribution is -0.144. The van der Waals surface area contributed by atoms with E-state index in [1.54, 1.807) is 0 Å². The number of esters is 2. The van der Waals surface area contributed by atoms with Crippen molar-refractivity contribution in [2.45, 2.75) is 80.6 Å². The molecule has 1 fully saturated rings. The van der Waals surface area contributed by atoms with Gasteiger partial charge in [0, 0.05) is 68.8 Å². The lowest BCUT2D eigenvalue weighted by Crippen LogP contribution is -2.25. The molecule has 1 saturated heterocycles. The molecule has 0 unspecified atom stereocenters. The Balaban J connectivity index is 1.62. The van der Waals surface area contributed by atoms with E-state index < -0.39 is 11.9 Å². The molecule has 0 saturated carbocycles. The normalized spacial score (nSPS) is 23.1. The first kappa shape index (κ1) is 35.0. The zero-order chi connectivity index (χ0) is 36.0. The third-order valence-corrected chi connectivity index (χ3v) is 10.8. The first-order chi connectivity index (χ1) is 23.9. The summed E-state index contributed by atoms with van der Waals surface area (Å²) in [6.45, 7) is 14.7. The fourth-order valence-electron chi connectivity index (χ4n) is 7.93. The van der Waals surface area contributed by atoms with Crippen LogP contribution in [0.25, 0.3) is 23.8 Å². The van der Waals surface area contributed by atoms with Crippen molar-refractivity contribution in [1.82, 2.24) is 20.3 Å². The molecule has 0 aromatic carbocycles. The topological polar surface area (TPSA) is 146 Å². The molecule has 1 aliphatic carbocycles. The molecule has 8 bridgehead atoms. The summed E-state index contributed by atoms with van der Waals surface area (Å²) in [6, 6.07) is 0. The van der Waals surface area contributed by atoms with Crippen LogP contribution in [0.1, 0.15) is 120 Å². The highest BCUT2D eigenvalue weighted by molar-refractivity contribution is 6.24. The smallest absolute Gasteiger partial charge is 0.321 e. The van der Waals surface area contributed by atoms with E-state index in [-0.39, 0.29) is 30.0 Å². The summed E-state index contributed by atoms with van der Waals surface area (Å²) in [5.74, 6) is -2.27. The minimum Gasteiger partial charge on any atom is -0.468 e. The summed E-state index contributed by atoms with van der Waals surface area (Å²) in [6.07, 6.45) is 9.79. The third kappa shape index (κ3) is 5.88. The molecule has 0 spiro atoms. The molecular formula is C40H48N4O6. The van der Waals surface area contributed by atoms with Gasteiger partial charge in [0.05, 0.1) is 24.8 Å². The van der Waals surface area contributed by atoms with Crippen LogP contribution >= 0.6 is 0 Å². The summed E-state index contributed by atoms with van der Waals surface area (Å²) in [5, 5.41) is 5.13. The summed E-state index contributed by atoms with van der Waals surface area (Å²) in [4.78, 5) is 63.7. The second kappa shape index (κ2) is 13.8. The van der Waals surface area contributed by atoms with E-state index in [9.17, 15) is 19.2 Å². The molecule has 3 atom stereocenters. The van der Waals surface area contributed by atoms with Gasteiger partial charge < -0.3 is 29.7 Å². The van der Waals surface area contributed by atoms with Crippen molar-refractivity contribution < 1.29 is 28.7 Å². The Bertz CT molecular complexity index is 2080. The summed E-state index contributed by atoms with van der Waals surface area (Å²) >= 11 is 0. The van der Waals surface area contributed by atoms with Gasteiger partial charge in [-0.05, 0) is 85.9 Å². The fraction of sp³-hybridized carbons (Fsp3) is 0.450. The molecule has 4 N–H and O–H groups in total. The first-order valence-electron chi connectivity index (χ1n) is 17.8. The van der Waals surface area contributed by atoms with Crippen LogP contribution < -0.4 is 16.0 Å². The molecule has 0 amide bonds. The Morgan fingerprint density at radius 1 is 0.940 bits per heavy atom. The minimum absolute atomic E-state index is 0.0873. The number of carbonyl (C=O) groups is 4. The maximum absolute atomic E-state index is 14.2. The number of Topliss-reactive ketones (excluding diaryl/α,β-unsaturated/α-hetero) is 1. The number of ketones is 1. The van der Waals surface area contributed by atoms with Crippen LogP contribution in [0.15, 0.2) is 11.4 Å². The van der Waals surface area contributed by atoms with Crippen molar-refractivity contribution in [1.29, 1.82) is 0 Å². The van der Waals surface area contributed by atoms with Crippen molar-refractivity contribution >= 4 is 47.8 Å². The van der Waals surface area contributed by atoms with Crippen LogP contribution in [0.5, 0.6) is 0 Å². The number of aromatic amines is 3. The van der Waals surface area contributed by atoms with Crippen LogP contribution in [0.3, 0.4) is 0 Å². The second-order valence-electron chi connectivity index (χ2n) is 14.1. The second-order valence-corrected chi connectivity index (χ2v) is 14.1. The maximum Gasteiger partial charge on any atom is 0.321 e. The largest absolute Gasteiger partial charge is 0.468 e. The molecule has 6 rings (SSSR count). The highest BCUT2D eigenvalue weighted by Gasteiger charge is 2.48. The molecule has 10 nitrogen and oxygen atoms in total. The van der Waals surface area contributed by atoms with Gasteiger partial charge in [-0.3, -0.25) is 19.2 Å². The van der Waals surface area contributed by atoms with E-state index >= 15 is 0 Å². The Morgan fingerprint density at radius 2 is 1.64 bits per heavy atom. The van der Waals surface area contributed by atoms with Crippen LogP contribution in [0.2, 0.25) is 0 Å². The molecule has 2 aliphatic heterocycles. The molecule has 50 heavy (non-hydrogen) atoms. The molecule has 3 aromatic heterocycles. The molecule has 10 heteroatoms. The predicted molar refractivity (Wildman–Crippen MR) is 193 cm³/mol. The summed E-state index contributed by atoms with van der Waals surface area (Å²) in [7, 11) is 1.30. The van der Waals surface area contributed by atoms with Gasteiger partial charge in [-0.1, -0.05) is 34.6 Å². The Labute approximate surface area is 292 Å². The van der Waals surface area contributed by atoms with Gasteiger partial charge in [-0.15, -0.1) is 0 Å². The van der Waals surface area contributed by atoms with Gasteiger partial charge >= 0.3 is 11.9 Å². The molecular weight excluding hydrogens is 632 g/mol. The molecule has 3 aliphatic rings. The number of ether oxygens (including phenoxy) is 2. The molecule has 3 aromatic rings. The summed E-state index contributed by atoms with van der Waals surface area (Å²) < 4.78 is 10.8. The first-order valence-corrected chi connectivity index (χ1v) is 17.8. The van der Waals surface area contributed by atoms with Crippen molar-refractivity contribution in [3.63, 3.8) is 0 Å². The van der Waals surface area contributed by atoms with Gasteiger partial charge in [-0.2, -0.15) is 0 Å². The minimum atomic E-state index is -1.16. The van der Waals surface area contributed by atoms with Gasteiger partial charge in [0.2, 0.25) is 0 Å². The standard InChI is InChI=1S/C40H48N4O6/c1-9-23-20(5)27-15-28-21(6)25(11-12-33(46)50-14-13-19(3)4)37(43-28)35-36(40(48)49-8)39(47)34-22(7)29(44-38(34)35)16-31-24(10-2)26(18-45)32(42-31)17-30(23)41-27/h15-19,21,25,36,41-44H,9-14H2,1-8H3/b28-15-,31-16-,32-17-,37-35-/t21-,25-,36+/m0/s1. The lowest BCUT2D eigenvalue weighted by Gasteiger charge is -2.19. The number of hydrogen-bond acceptors (Lipinski definition) is 7. The van der Waals surface area contributed by atoms with E-state index in [0.29, 0.717) is 64.4 Å². The molecule has 5 heterocycles. The number of nitrogens with one attached hydrogen (secondary N) is 4. The van der Waals surface area contributed by atoms with Gasteiger partial charge in [0.1, 0.15) is 5.92 Å². The Hall–Kier alpha value is -4.86. The van der Waals surface area contributed by atoms with Crippen molar-refractivity contribution in [2.75, 3.05) is 13.7 Å². The number of carbonyl (C=O) groups excluding carboxylic acids is 4. The third-order valence-electron chi connectivity index (χ3n) is 10.8. The van der Waals surface area contributed by atoms with Crippen molar-refractivity contribution in [2.24, 2.45) is 23.7 Å². The summed E-state index contributed by atoms with van der Waals surface area (Å²) in [5.41, 5.74) is 10.1. The molecule has 264 valence electrons. The highest BCUT2D eigenvalue weighted by Crippen LogP contribution is 2.48. The highest BCUT2D eigenvalue weighted by atomic mass is 16.5. The Kier molecular flexibility index (Phi) is 9.66. The number of allylic oxidation sites excluding steroid dienone is 2. The predicted octanol–water partition coefficient (Wildman–Crippen LogP) is 5.16. The quantitative estimate of drug-likeness (QED) is 0.132. The van der Waals surface area contributed by atoms with Crippen LogP contribution in [0.4, 0.5) is 0 Å². The number of methoxy groups -OCH3 is 1. The van der Waals surface area contributed by atoms with E-state index in [1.807, 2.05) is 26.0 Å². The monoisotopic (exact) mass is 680 g/mol. The van der Waals surface area contributed by atoms with Crippen molar-refractivity contribution in [3.8, 4) is 0 Å². The average molecular weight is 681 g/mol. The number of aldehydes is 1. The number of H-pyrrole nitrogens is 3. The van der Waals surface area contributed by atoms with Gasteiger partial charge in [-0.25, -0.2) is 0 Å². The van der Waals surface area contributed by atoms with Gasteiger partial charge in [0.25, 0.3) is 0 Å². The number of aromatic nitrogens is 3. The van der Waals surface area contributed by atoms with Crippen LogP contribution in [-0.4, -0.2) is 52.7 Å². The SMILES string of the molecule is CCc1c2[nH]c(c1C)/C=C1\N/C(=C3\c4[nH]c(c(C)c4C(=O)[C@@H]3C(=O)OC)/C=c3\[nH]/c(c(C=O)c3CC)=C\2)[C@@H](CCC(=O)OCCC(C)C)[C@@H]1C. The van der Waals surface area contributed by atoms with Gasteiger partial charge in [0.15, 0.2) is 12.1 Å². The number of hydrogen-bond donors (Lipinski definition) is 4. The van der Waals surface area contributed by atoms with E-state index in [1.165, 1.54) is 7.11 Å². The molecule has 0 radical (unpaired) electrons. The number of rotatable bonds is 10. The maximum atomic E-state index is 14.2. The van der Waals surface area contributed by atoms with Crippen LogP contribution in [0, 0.1) is 37.5 Å². The van der Waals surface area contributed by atoms with E-state index in [4.69, 9.17) is 9.47 Å². The van der Waals surface area contributed by atoms with Crippen molar-refractivity contribution in [3.05, 3.63) is 78.2 Å². The fourth-order valence-corrected chi connectivity index (χ4v) is 7.93. The average Bonchev–Trinajstić information content (AvgIpc) is 3.83. The van der Waals surface area contributed by atoms with E-state index in [0.717, 1.165) is 63.9 Å². The Morgan fingerprint density at radius 3 is 2.30 bits per heavy atom. The zero-order valence-corrected chi connectivity index (χ0v) is 30.3. The lowest BCUT2D eigenvalue weighted by atomic mass is 9.85. The number of fused-ring (bicyclic) bond motifs is 7. The van der Waals surface area contributed by atoms with Crippen LogP contribution in [-0.2, 0) is 31.9 Å². The zero-order valence-electron chi connectivity index (χ0n) is 30.3. The van der Waals surface area contributed by atoms with E-state index in [2.05, 4.69) is 61.0 Å².